The van der Waals surface area contributed by atoms with Gasteiger partial charge in [0.1, 0.15) is 0 Å². The van der Waals surface area contributed by atoms with Gasteiger partial charge in [-0.3, -0.25) is 4.79 Å². The Bertz CT molecular complexity index is 230. The summed E-state index contributed by atoms with van der Waals surface area (Å²) in [6.07, 6.45) is 1.92. The fourth-order valence-electron chi connectivity index (χ4n) is 2.17. The van der Waals surface area contributed by atoms with E-state index in [-0.39, 0.29) is 6.42 Å². The number of aliphatic carboxylic acids is 1. The van der Waals surface area contributed by atoms with Gasteiger partial charge in [-0.25, -0.2) is 0 Å². The van der Waals surface area contributed by atoms with E-state index in [0.717, 1.165) is 19.5 Å². The van der Waals surface area contributed by atoms with E-state index < -0.39 is 11.6 Å². The Labute approximate surface area is 90.9 Å². The van der Waals surface area contributed by atoms with Crippen LogP contribution in [0.2, 0.25) is 0 Å². The molecule has 0 amide bonds. The number of hydrogen-bond donors (Lipinski definition) is 2. The van der Waals surface area contributed by atoms with Crippen molar-refractivity contribution in [2.24, 2.45) is 0 Å². The molecule has 1 atom stereocenters. The molecule has 0 bridgehead atoms. The second kappa shape index (κ2) is 4.94. The zero-order valence-corrected chi connectivity index (χ0v) is 9.57. The van der Waals surface area contributed by atoms with Crippen LogP contribution in [0.4, 0.5) is 0 Å². The van der Waals surface area contributed by atoms with Crippen molar-refractivity contribution in [3.63, 3.8) is 0 Å². The van der Waals surface area contributed by atoms with E-state index in [9.17, 15) is 9.90 Å². The van der Waals surface area contributed by atoms with Gasteiger partial charge < -0.3 is 15.1 Å². The van der Waals surface area contributed by atoms with Crippen LogP contribution in [0.3, 0.4) is 0 Å². The molecule has 1 aliphatic heterocycles. The monoisotopic (exact) mass is 215 g/mol. The van der Waals surface area contributed by atoms with Crippen LogP contribution in [0.1, 0.15) is 39.5 Å². The predicted octanol–water partition coefficient (Wildman–Crippen LogP) is 1.09. The van der Waals surface area contributed by atoms with Gasteiger partial charge in [-0.15, -0.1) is 0 Å². The van der Waals surface area contributed by atoms with Crippen LogP contribution in [0.5, 0.6) is 0 Å². The smallest absolute Gasteiger partial charge is 0.306 e. The van der Waals surface area contributed by atoms with Crippen molar-refractivity contribution in [2.75, 3.05) is 13.1 Å². The number of carbonyl (C=O) groups is 1. The van der Waals surface area contributed by atoms with E-state index in [1.165, 1.54) is 0 Å². The molecule has 1 heterocycles. The lowest BCUT2D eigenvalue weighted by molar-refractivity contribution is -0.143. The summed E-state index contributed by atoms with van der Waals surface area (Å²) in [7, 11) is 0. The van der Waals surface area contributed by atoms with Gasteiger partial charge in [-0.2, -0.15) is 0 Å². The van der Waals surface area contributed by atoms with Gasteiger partial charge in [-0.1, -0.05) is 0 Å². The zero-order chi connectivity index (χ0) is 11.5. The Morgan fingerprint density at radius 2 is 2.07 bits per heavy atom. The van der Waals surface area contributed by atoms with Crippen molar-refractivity contribution in [1.82, 2.24) is 4.90 Å². The van der Waals surface area contributed by atoms with E-state index in [4.69, 9.17) is 5.11 Å². The number of carboxylic acid groups (broad SMARTS) is 1. The maximum Gasteiger partial charge on any atom is 0.306 e. The van der Waals surface area contributed by atoms with Crippen molar-refractivity contribution in [3.8, 4) is 0 Å². The van der Waals surface area contributed by atoms with Crippen LogP contribution in [-0.4, -0.2) is 45.8 Å². The minimum Gasteiger partial charge on any atom is -0.481 e. The number of likely N-dealkylation sites (tertiary alicyclic amines) is 1. The Morgan fingerprint density at radius 3 is 2.60 bits per heavy atom. The van der Waals surface area contributed by atoms with Crippen molar-refractivity contribution in [1.29, 1.82) is 0 Å². The molecule has 0 aromatic heterocycles. The van der Waals surface area contributed by atoms with Crippen molar-refractivity contribution < 1.29 is 15.0 Å². The lowest BCUT2D eigenvalue weighted by Gasteiger charge is -2.26. The predicted molar refractivity (Wildman–Crippen MR) is 57.8 cm³/mol. The molecule has 0 saturated carbocycles. The number of rotatable bonds is 3. The first kappa shape index (κ1) is 12.5. The highest BCUT2D eigenvalue weighted by Crippen LogP contribution is 2.26. The standard InChI is InChI=1S/C11H21NO3/c1-9(2)12-6-3-4-11(15,5-7-12)8-10(13)14/h9,15H,3-8H2,1-2H3,(H,13,14). The van der Waals surface area contributed by atoms with Crippen molar-refractivity contribution in [3.05, 3.63) is 0 Å². The third-order valence-corrected chi connectivity index (χ3v) is 3.16. The topological polar surface area (TPSA) is 60.8 Å². The molecule has 1 rings (SSSR count). The molecule has 0 radical (unpaired) electrons. The molecule has 0 aromatic rings. The highest BCUT2D eigenvalue weighted by molar-refractivity contribution is 5.68. The van der Waals surface area contributed by atoms with E-state index in [2.05, 4.69) is 18.7 Å². The number of aliphatic hydroxyl groups is 1. The average Bonchev–Trinajstić information content (AvgIpc) is 2.25. The second-order valence-electron chi connectivity index (χ2n) is 4.78. The molecule has 0 aromatic carbocycles. The maximum absolute atomic E-state index is 10.6. The molecular formula is C11H21NO3. The summed E-state index contributed by atoms with van der Waals surface area (Å²) in [6, 6.07) is 0.470. The Hall–Kier alpha value is -0.610. The van der Waals surface area contributed by atoms with Crippen LogP contribution in [0, 0.1) is 0 Å². The maximum atomic E-state index is 10.6. The summed E-state index contributed by atoms with van der Waals surface area (Å²) in [5, 5.41) is 18.8. The van der Waals surface area contributed by atoms with Crippen molar-refractivity contribution >= 4 is 5.97 Å². The van der Waals surface area contributed by atoms with Crippen molar-refractivity contribution in [2.45, 2.75) is 51.2 Å². The first-order chi connectivity index (χ1) is 6.93. The van der Waals surface area contributed by atoms with Gasteiger partial charge in [0.05, 0.1) is 12.0 Å². The number of hydrogen-bond acceptors (Lipinski definition) is 3. The molecule has 15 heavy (non-hydrogen) atoms. The summed E-state index contributed by atoms with van der Waals surface area (Å²) < 4.78 is 0. The van der Waals surface area contributed by atoms with Gasteiger partial charge >= 0.3 is 5.97 Å². The molecule has 4 heteroatoms. The molecule has 1 unspecified atom stereocenters. The molecule has 1 saturated heterocycles. The summed E-state index contributed by atoms with van der Waals surface area (Å²) >= 11 is 0. The third-order valence-electron chi connectivity index (χ3n) is 3.16. The van der Waals surface area contributed by atoms with E-state index >= 15 is 0 Å². The molecule has 1 aliphatic rings. The van der Waals surface area contributed by atoms with Gasteiger partial charge in [-0.05, 0) is 39.7 Å². The minimum absolute atomic E-state index is 0.126. The first-order valence-corrected chi connectivity index (χ1v) is 5.61. The van der Waals surface area contributed by atoms with Crippen LogP contribution in [0.25, 0.3) is 0 Å². The minimum atomic E-state index is -0.991. The Balaban J connectivity index is 2.54. The Kier molecular flexibility index (Phi) is 4.11. The highest BCUT2D eigenvalue weighted by atomic mass is 16.4. The van der Waals surface area contributed by atoms with E-state index in [1.807, 2.05) is 0 Å². The van der Waals surface area contributed by atoms with Crippen LogP contribution in [0.15, 0.2) is 0 Å². The molecule has 0 aliphatic carbocycles. The molecule has 4 nitrogen and oxygen atoms in total. The molecule has 1 fully saturated rings. The molecule has 2 N–H and O–H groups in total. The quantitative estimate of drug-likeness (QED) is 0.739. The van der Waals surface area contributed by atoms with Gasteiger partial charge in [0.15, 0.2) is 0 Å². The third kappa shape index (κ3) is 3.80. The molecular weight excluding hydrogens is 194 g/mol. The fourth-order valence-corrected chi connectivity index (χ4v) is 2.17. The Morgan fingerprint density at radius 1 is 1.40 bits per heavy atom. The largest absolute Gasteiger partial charge is 0.481 e. The lowest BCUT2D eigenvalue weighted by atomic mass is 9.91. The van der Waals surface area contributed by atoms with Gasteiger partial charge in [0.2, 0.25) is 0 Å². The average molecular weight is 215 g/mol. The second-order valence-corrected chi connectivity index (χ2v) is 4.78. The van der Waals surface area contributed by atoms with Crippen LogP contribution < -0.4 is 0 Å². The molecule has 88 valence electrons. The van der Waals surface area contributed by atoms with E-state index in [0.29, 0.717) is 18.9 Å². The SMILES string of the molecule is CC(C)N1CCCC(O)(CC(=O)O)CC1. The number of nitrogens with zero attached hydrogens (tertiary/aromatic N) is 1. The van der Waals surface area contributed by atoms with Crippen LogP contribution in [-0.2, 0) is 4.79 Å². The van der Waals surface area contributed by atoms with Crippen LogP contribution >= 0.6 is 0 Å². The highest BCUT2D eigenvalue weighted by Gasteiger charge is 2.32. The summed E-state index contributed by atoms with van der Waals surface area (Å²) in [4.78, 5) is 12.9. The fraction of sp³-hybridized carbons (Fsp3) is 0.909. The molecule has 0 spiro atoms. The normalized spacial score (nSPS) is 29.1. The zero-order valence-electron chi connectivity index (χ0n) is 9.57. The lowest BCUT2D eigenvalue weighted by Crippen LogP contribution is -2.35. The van der Waals surface area contributed by atoms with E-state index in [1.54, 1.807) is 0 Å². The van der Waals surface area contributed by atoms with Gasteiger partial charge in [0.25, 0.3) is 0 Å². The first-order valence-electron chi connectivity index (χ1n) is 5.61. The summed E-state index contributed by atoms with van der Waals surface area (Å²) in [6.45, 7) is 6.00. The summed E-state index contributed by atoms with van der Waals surface area (Å²) in [5.74, 6) is -0.907. The number of carboxylic acids is 1. The summed E-state index contributed by atoms with van der Waals surface area (Å²) in [5.41, 5.74) is -0.991. The van der Waals surface area contributed by atoms with Gasteiger partial charge in [0, 0.05) is 12.6 Å².